The molecule has 2 aromatic rings. The molecule has 9 heteroatoms. The molecule has 3 heterocycles. The van der Waals surface area contributed by atoms with Crippen LogP contribution in [0.1, 0.15) is 24.0 Å². The lowest BCUT2D eigenvalue weighted by atomic mass is 9.77. The topological polar surface area (TPSA) is 77.5 Å². The molecule has 1 amide bonds. The molecule has 3 aliphatic heterocycles. The largest absolute Gasteiger partial charge is 0.586 e. The van der Waals surface area contributed by atoms with Gasteiger partial charge in [-0.05, 0) is 23.3 Å². The van der Waals surface area contributed by atoms with E-state index in [0.717, 1.165) is 5.56 Å². The zero-order valence-electron chi connectivity index (χ0n) is 16.5. The number of halogens is 2. The quantitative estimate of drug-likeness (QED) is 0.800. The van der Waals surface area contributed by atoms with E-state index in [4.69, 9.17) is 9.47 Å². The van der Waals surface area contributed by atoms with Gasteiger partial charge in [0.15, 0.2) is 11.5 Å². The first-order valence-corrected chi connectivity index (χ1v) is 10.0. The number of aliphatic hydroxyl groups is 1. The average molecular weight is 433 g/mol. The second-order valence-corrected chi connectivity index (χ2v) is 8.06. The van der Waals surface area contributed by atoms with E-state index >= 15 is 0 Å². The first-order valence-electron chi connectivity index (χ1n) is 10.0. The molecular formula is C22H21F2NO6. The molecule has 0 saturated carbocycles. The fourth-order valence-corrected chi connectivity index (χ4v) is 4.54. The number of amides is 1. The van der Waals surface area contributed by atoms with Crippen LogP contribution < -0.4 is 9.47 Å². The predicted octanol–water partition coefficient (Wildman–Crippen LogP) is 3.40. The summed E-state index contributed by atoms with van der Waals surface area (Å²) in [5.74, 6) is -0.204. The van der Waals surface area contributed by atoms with Crippen molar-refractivity contribution in [3.8, 4) is 11.5 Å². The van der Waals surface area contributed by atoms with Gasteiger partial charge in [-0.25, -0.2) is 4.79 Å². The summed E-state index contributed by atoms with van der Waals surface area (Å²) in [5, 5.41) is 11.4. The highest BCUT2D eigenvalue weighted by atomic mass is 19.3. The van der Waals surface area contributed by atoms with Crippen molar-refractivity contribution in [3.05, 3.63) is 59.7 Å². The van der Waals surface area contributed by atoms with Crippen molar-refractivity contribution in [1.29, 1.82) is 0 Å². The van der Waals surface area contributed by atoms with Crippen molar-refractivity contribution in [3.63, 3.8) is 0 Å². The molecule has 2 aromatic carbocycles. The Hall–Kier alpha value is -2.91. The number of ether oxygens (including phenoxy) is 4. The minimum Gasteiger partial charge on any atom is -0.445 e. The second kappa shape index (κ2) is 7.35. The Kier molecular flexibility index (Phi) is 4.75. The SMILES string of the molecule is O=C(OCc1ccccc1)N1C2COCC1CC(O)(c1ccc3c(c1)OC(F)(F)O3)C2. The Labute approximate surface area is 177 Å². The monoisotopic (exact) mass is 433 g/mol. The molecule has 2 atom stereocenters. The molecule has 0 aromatic heterocycles. The minimum atomic E-state index is -3.72. The van der Waals surface area contributed by atoms with E-state index in [1.54, 1.807) is 11.0 Å². The highest BCUT2D eigenvalue weighted by Gasteiger charge is 2.50. The van der Waals surface area contributed by atoms with Crippen LogP contribution >= 0.6 is 0 Å². The summed E-state index contributed by atoms with van der Waals surface area (Å²) in [7, 11) is 0. The molecule has 7 nitrogen and oxygen atoms in total. The molecule has 1 N–H and O–H groups in total. The van der Waals surface area contributed by atoms with Gasteiger partial charge in [0.05, 0.1) is 30.9 Å². The maximum atomic E-state index is 13.3. The molecule has 0 radical (unpaired) electrons. The predicted molar refractivity (Wildman–Crippen MR) is 103 cm³/mol. The van der Waals surface area contributed by atoms with Crippen LogP contribution in [0.15, 0.2) is 48.5 Å². The molecule has 0 spiro atoms. The number of hydrogen-bond donors (Lipinski definition) is 1. The highest BCUT2D eigenvalue weighted by molar-refractivity contribution is 5.69. The van der Waals surface area contributed by atoms with Gasteiger partial charge in [-0.3, -0.25) is 4.90 Å². The van der Waals surface area contributed by atoms with E-state index in [1.165, 1.54) is 12.1 Å². The Bertz CT molecular complexity index is 971. The summed E-state index contributed by atoms with van der Waals surface area (Å²) in [4.78, 5) is 14.4. The highest BCUT2D eigenvalue weighted by Crippen LogP contribution is 2.46. The normalized spacial score (nSPS) is 28.3. The number of carbonyl (C=O) groups is 1. The summed E-state index contributed by atoms with van der Waals surface area (Å²) in [6.45, 7) is 0.654. The van der Waals surface area contributed by atoms with Gasteiger partial charge in [-0.2, -0.15) is 0 Å². The van der Waals surface area contributed by atoms with Gasteiger partial charge in [-0.15, -0.1) is 8.78 Å². The van der Waals surface area contributed by atoms with Crippen LogP contribution in [0.5, 0.6) is 11.5 Å². The third kappa shape index (κ3) is 3.79. The van der Waals surface area contributed by atoms with Gasteiger partial charge in [-0.1, -0.05) is 36.4 Å². The van der Waals surface area contributed by atoms with Crippen molar-refractivity contribution < 1.29 is 37.6 Å². The van der Waals surface area contributed by atoms with Crippen molar-refractivity contribution in [1.82, 2.24) is 4.90 Å². The lowest BCUT2D eigenvalue weighted by Gasteiger charge is -2.51. The fraction of sp³-hybridized carbons (Fsp3) is 0.409. The fourth-order valence-electron chi connectivity index (χ4n) is 4.54. The molecule has 2 unspecified atom stereocenters. The first-order chi connectivity index (χ1) is 14.8. The second-order valence-electron chi connectivity index (χ2n) is 8.06. The maximum absolute atomic E-state index is 13.3. The van der Waals surface area contributed by atoms with E-state index in [9.17, 15) is 18.7 Å². The summed E-state index contributed by atoms with van der Waals surface area (Å²) in [6.07, 6.45) is -3.82. The summed E-state index contributed by atoms with van der Waals surface area (Å²) in [5.41, 5.74) is -0.0179. The third-order valence-corrected chi connectivity index (χ3v) is 5.91. The lowest BCUT2D eigenvalue weighted by molar-refractivity contribution is -0.286. The maximum Gasteiger partial charge on any atom is 0.586 e. The average Bonchev–Trinajstić information content (AvgIpc) is 3.05. The van der Waals surface area contributed by atoms with E-state index in [2.05, 4.69) is 9.47 Å². The van der Waals surface area contributed by atoms with Gasteiger partial charge in [0, 0.05) is 12.8 Å². The molecule has 3 aliphatic rings. The number of morpholine rings is 1. The van der Waals surface area contributed by atoms with E-state index in [0.29, 0.717) is 5.56 Å². The Balaban J connectivity index is 1.32. The van der Waals surface area contributed by atoms with Gasteiger partial charge >= 0.3 is 12.4 Å². The molecule has 31 heavy (non-hydrogen) atoms. The van der Waals surface area contributed by atoms with E-state index in [1.807, 2.05) is 30.3 Å². The number of hydrogen-bond acceptors (Lipinski definition) is 6. The number of fused-ring (bicyclic) bond motifs is 3. The zero-order valence-corrected chi connectivity index (χ0v) is 16.5. The Morgan fingerprint density at radius 3 is 2.45 bits per heavy atom. The molecule has 2 saturated heterocycles. The van der Waals surface area contributed by atoms with Crippen LogP contribution in [0.2, 0.25) is 0 Å². The van der Waals surface area contributed by atoms with Gasteiger partial charge in [0.1, 0.15) is 6.61 Å². The van der Waals surface area contributed by atoms with Crippen molar-refractivity contribution in [2.45, 2.75) is 43.4 Å². The van der Waals surface area contributed by atoms with Crippen LogP contribution in [-0.4, -0.2) is 47.7 Å². The van der Waals surface area contributed by atoms with Crippen LogP contribution in [-0.2, 0) is 21.7 Å². The Morgan fingerprint density at radius 2 is 1.74 bits per heavy atom. The van der Waals surface area contributed by atoms with Gasteiger partial charge in [0.2, 0.25) is 0 Å². The van der Waals surface area contributed by atoms with Gasteiger partial charge < -0.3 is 24.1 Å². The molecule has 5 rings (SSSR count). The molecule has 2 fully saturated rings. The van der Waals surface area contributed by atoms with E-state index < -0.39 is 30.1 Å². The molecule has 0 aliphatic carbocycles. The van der Waals surface area contributed by atoms with Gasteiger partial charge in [0.25, 0.3) is 0 Å². The number of carbonyl (C=O) groups excluding carboxylic acids is 1. The number of piperidine rings is 1. The smallest absolute Gasteiger partial charge is 0.445 e. The van der Waals surface area contributed by atoms with Crippen LogP contribution in [0.25, 0.3) is 0 Å². The summed E-state index contributed by atoms with van der Waals surface area (Å²) in [6, 6.07) is 12.8. The Morgan fingerprint density at radius 1 is 1.06 bits per heavy atom. The van der Waals surface area contributed by atoms with Crippen LogP contribution in [0.4, 0.5) is 13.6 Å². The van der Waals surface area contributed by atoms with Crippen LogP contribution in [0.3, 0.4) is 0 Å². The molecular weight excluding hydrogens is 412 g/mol. The standard InChI is InChI=1S/C22H21F2NO6/c23-22(24)30-18-7-6-15(8-19(18)31-22)21(27)9-16-12-28-13-17(10-21)25(16)20(26)29-11-14-4-2-1-3-5-14/h1-8,16-17,27H,9-13H2. The van der Waals surface area contributed by atoms with Crippen molar-refractivity contribution >= 4 is 6.09 Å². The summed E-state index contributed by atoms with van der Waals surface area (Å²) >= 11 is 0. The lowest BCUT2D eigenvalue weighted by Crippen LogP contribution is -2.62. The number of benzene rings is 2. The number of rotatable bonds is 3. The number of alkyl halides is 2. The van der Waals surface area contributed by atoms with Crippen molar-refractivity contribution in [2.24, 2.45) is 0 Å². The minimum absolute atomic E-state index is 0.0807. The first kappa shape index (κ1) is 20.0. The number of nitrogens with zero attached hydrogens (tertiary/aromatic N) is 1. The molecule has 2 bridgehead atoms. The zero-order chi connectivity index (χ0) is 21.6. The van der Waals surface area contributed by atoms with Crippen molar-refractivity contribution in [2.75, 3.05) is 13.2 Å². The third-order valence-electron chi connectivity index (χ3n) is 5.91. The van der Waals surface area contributed by atoms with E-state index in [-0.39, 0.29) is 44.2 Å². The van der Waals surface area contributed by atoms with Crippen LogP contribution in [0, 0.1) is 0 Å². The molecule has 164 valence electrons. The summed E-state index contributed by atoms with van der Waals surface area (Å²) < 4.78 is 46.7.